The van der Waals surface area contributed by atoms with Crippen LogP contribution in [0.1, 0.15) is 29.6 Å². The number of ether oxygens (including phenoxy) is 1. The molecular weight excluding hydrogens is 264 g/mol. The molecule has 6 heteroatoms. The molecular formula is C13H14N2O3S. The first-order valence-electron chi connectivity index (χ1n) is 6.24. The van der Waals surface area contributed by atoms with E-state index in [0.717, 1.165) is 29.5 Å². The Morgan fingerprint density at radius 1 is 1.47 bits per heavy atom. The number of rotatable bonds is 3. The quantitative estimate of drug-likeness (QED) is 0.876. The third-order valence-electron chi connectivity index (χ3n) is 3.01. The molecule has 3 rings (SSSR count). The van der Waals surface area contributed by atoms with Crippen LogP contribution in [0, 0.1) is 0 Å². The monoisotopic (exact) mass is 278 g/mol. The van der Waals surface area contributed by atoms with Gasteiger partial charge < -0.3 is 4.74 Å². The predicted molar refractivity (Wildman–Crippen MR) is 71.8 cm³/mol. The molecule has 1 atom stereocenters. The molecule has 2 aromatic rings. The standard InChI is InChI=1S/C13H14N2O3S/c16-13(15-18-12-3-1-2-6-17-12)9-4-5-11-10(7-9)14-8-19-11/h4-5,7-8,12H,1-3,6H2,(H,15,16). The first kappa shape index (κ1) is 12.5. The third-order valence-corrected chi connectivity index (χ3v) is 3.82. The van der Waals surface area contributed by atoms with Crippen molar-refractivity contribution < 1.29 is 14.4 Å². The van der Waals surface area contributed by atoms with Gasteiger partial charge >= 0.3 is 0 Å². The van der Waals surface area contributed by atoms with Gasteiger partial charge in [-0.2, -0.15) is 0 Å². The molecule has 1 fully saturated rings. The Kier molecular flexibility index (Phi) is 3.72. The van der Waals surface area contributed by atoms with E-state index in [-0.39, 0.29) is 12.2 Å². The van der Waals surface area contributed by atoms with Crippen molar-refractivity contribution in [2.45, 2.75) is 25.6 Å². The van der Waals surface area contributed by atoms with Crippen molar-refractivity contribution in [2.24, 2.45) is 0 Å². The molecule has 0 spiro atoms. The summed E-state index contributed by atoms with van der Waals surface area (Å²) >= 11 is 1.55. The Labute approximate surface area is 114 Å². The largest absolute Gasteiger partial charge is 0.350 e. The number of thiazole rings is 1. The minimum absolute atomic E-state index is 0.274. The van der Waals surface area contributed by atoms with Crippen molar-refractivity contribution in [1.29, 1.82) is 0 Å². The van der Waals surface area contributed by atoms with Crippen LogP contribution in [0.4, 0.5) is 0 Å². The van der Waals surface area contributed by atoms with Crippen molar-refractivity contribution in [2.75, 3.05) is 6.61 Å². The van der Waals surface area contributed by atoms with Crippen LogP contribution in [0.15, 0.2) is 23.7 Å². The molecule has 1 aromatic heterocycles. The van der Waals surface area contributed by atoms with Crippen molar-refractivity contribution in [3.8, 4) is 0 Å². The van der Waals surface area contributed by atoms with Crippen LogP contribution in [-0.4, -0.2) is 23.8 Å². The van der Waals surface area contributed by atoms with Gasteiger partial charge in [-0.05, 0) is 31.0 Å². The lowest BCUT2D eigenvalue weighted by molar-refractivity contribution is -0.186. The molecule has 1 aliphatic heterocycles. The van der Waals surface area contributed by atoms with Gasteiger partial charge in [-0.3, -0.25) is 4.79 Å². The van der Waals surface area contributed by atoms with Gasteiger partial charge in [0.1, 0.15) is 0 Å². The molecule has 0 bridgehead atoms. The molecule has 5 nitrogen and oxygen atoms in total. The van der Waals surface area contributed by atoms with E-state index in [1.807, 2.05) is 6.07 Å². The number of hydrogen-bond donors (Lipinski definition) is 1. The average molecular weight is 278 g/mol. The van der Waals surface area contributed by atoms with Crippen LogP contribution in [0.3, 0.4) is 0 Å². The molecule has 1 amide bonds. The lowest BCUT2D eigenvalue weighted by atomic mass is 10.2. The highest BCUT2D eigenvalue weighted by Crippen LogP contribution is 2.19. The van der Waals surface area contributed by atoms with Crippen LogP contribution in [0.5, 0.6) is 0 Å². The van der Waals surface area contributed by atoms with Crippen LogP contribution >= 0.6 is 11.3 Å². The summed E-state index contributed by atoms with van der Waals surface area (Å²) in [4.78, 5) is 21.4. The number of hydrogen-bond acceptors (Lipinski definition) is 5. The third kappa shape index (κ3) is 2.91. The minimum atomic E-state index is -0.333. The van der Waals surface area contributed by atoms with Gasteiger partial charge in [-0.15, -0.1) is 11.3 Å². The van der Waals surface area contributed by atoms with Gasteiger partial charge in [0.2, 0.25) is 0 Å². The molecule has 1 saturated heterocycles. The fourth-order valence-corrected chi connectivity index (χ4v) is 2.64. The maximum atomic E-state index is 11.9. The highest BCUT2D eigenvalue weighted by Gasteiger charge is 2.16. The number of carbonyl (C=O) groups excluding carboxylic acids is 1. The summed E-state index contributed by atoms with van der Waals surface area (Å²) in [6, 6.07) is 5.41. The Morgan fingerprint density at radius 3 is 3.26 bits per heavy atom. The summed E-state index contributed by atoms with van der Waals surface area (Å²) in [7, 11) is 0. The van der Waals surface area contributed by atoms with E-state index >= 15 is 0 Å². The zero-order valence-electron chi connectivity index (χ0n) is 10.3. The Bertz CT molecular complexity index is 578. The zero-order chi connectivity index (χ0) is 13.1. The number of amides is 1. The summed E-state index contributed by atoms with van der Waals surface area (Å²) in [5, 5.41) is 0. The molecule has 2 heterocycles. The molecule has 1 N–H and O–H groups in total. The molecule has 0 saturated carbocycles. The Balaban J connectivity index is 1.62. The Hall–Kier alpha value is -1.50. The lowest BCUT2D eigenvalue weighted by Crippen LogP contribution is -2.33. The molecule has 0 radical (unpaired) electrons. The molecule has 1 aliphatic rings. The van der Waals surface area contributed by atoms with Crippen molar-refractivity contribution >= 4 is 27.5 Å². The van der Waals surface area contributed by atoms with Crippen molar-refractivity contribution in [3.05, 3.63) is 29.3 Å². The lowest BCUT2D eigenvalue weighted by Gasteiger charge is -2.22. The number of hydroxylamine groups is 1. The molecule has 19 heavy (non-hydrogen) atoms. The minimum Gasteiger partial charge on any atom is -0.350 e. The van der Waals surface area contributed by atoms with Crippen molar-refractivity contribution in [1.82, 2.24) is 10.5 Å². The van der Waals surface area contributed by atoms with Crippen LogP contribution in [0.2, 0.25) is 0 Å². The second-order valence-corrected chi connectivity index (χ2v) is 5.27. The number of carbonyl (C=O) groups is 1. The number of aromatic nitrogens is 1. The Morgan fingerprint density at radius 2 is 2.42 bits per heavy atom. The van der Waals surface area contributed by atoms with Crippen LogP contribution in [0.25, 0.3) is 10.2 Å². The second kappa shape index (κ2) is 5.64. The number of benzene rings is 1. The fraction of sp³-hybridized carbons (Fsp3) is 0.385. The average Bonchev–Trinajstić information content (AvgIpc) is 2.93. The summed E-state index contributed by atoms with van der Waals surface area (Å²) in [5.74, 6) is -0.274. The molecule has 1 unspecified atom stereocenters. The fourth-order valence-electron chi connectivity index (χ4n) is 1.98. The normalized spacial score (nSPS) is 19.5. The van der Waals surface area contributed by atoms with E-state index in [2.05, 4.69) is 10.5 Å². The first-order valence-corrected chi connectivity index (χ1v) is 7.12. The highest BCUT2D eigenvalue weighted by atomic mass is 32.1. The summed E-state index contributed by atoms with van der Waals surface area (Å²) in [6.45, 7) is 0.686. The van der Waals surface area contributed by atoms with Gasteiger partial charge in [-0.1, -0.05) is 0 Å². The van der Waals surface area contributed by atoms with Gasteiger partial charge in [0.05, 0.1) is 15.7 Å². The van der Waals surface area contributed by atoms with Gasteiger partial charge in [-0.25, -0.2) is 15.3 Å². The second-order valence-electron chi connectivity index (χ2n) is 4.38. The summed E-state index contributed by atoms with van der Waals surface area (Å²) < 4.78 is 6.44. The maximum absolute atomic E-state index is 11.9. The van der Waals surface area contributed by atoms with E-state index in [9.17, 15) is 4.79 Å². The van der Waals surface area contributed by atoms with E-state index in [4.69, 9.17) is 9.57 Å². The molecule has 0 aliphatic carbocycles. The number of nitrogens with zero attached hydrogens (tertiary/aromatic N) is 1. The van der Waals surface area contributed by atoms with Crippen LogP contribution < -0.4 is 5.48 Å². The maximum Gasteiger partial charge on any atom is 0.275 e. The number of fused-ring (bicyclic) bond motifs is 1. The first-order chi connectivity index (χ1) is 9.33. The van der Waals surface area contributed by atoms with Crippen LogP contribution in [-0.2, 0) is 9.57 Å². The van der Waals surface area contributed by atoms with Gasteiger partial charge in [0.25, 0.3) is 5.91 Å². The summed E-state index contributed by atoms with van der Waals surface area (Å²) in [5.41, 5.74) is 5.56. The van der Waals surface area contributed by atoms with Gasteiger partial charge in [0, 0.05) is 18.6 Å². The molecule has 1 aromatic carbocycles. The van der Waals surface area contributed by atoms with E-state index in [1.54, 1.807) is 29.0 Å². The zero-order valence-corrected chi connectivity index (χ0v) is 11.1. The van der Waals surface area contributed by atoms with Gasteiger partial charge in [0.15, 0.2) is 6.29 Å². The predicted octanol–water partition coefficient (Wildman–Crippen LogP) is 2.48. The molecule has 100 valence electrons. The van der Waals surface area contributed by atoms with Crippen molar-refractivity contribution in [3.63, 3.8) is 0 Å². The van der Waals surface area contributed by atoms with E-state index < -0.39 is 0 Å². The SMILES string of the molecule is O=C(NOC1CCCCO1)c1ccc2scnc2c1. The summed E-state index contributed by atoms with van der Waals surface area (Å²) in [6.07, 6.45) is 2.59. The van der Waals surface area contributed by atoms with E-state index in [0.29, 0.717) is 12.2 Å². The van der Waals surface area contributed by atoms with E-state index in [1.165, 1.54) is 0 Å². The topological polar surface area (TPSA) is 60.5 Å². The highest BCUT2D eigenvalue weighted by molar-refractivity contribution is 7.16. The smallest absolute Gasteiger partial charge is 0.275 e. The number of nitrogens with one attached hydrogen (secondary N) is 1.